The third-order valence-corrected chi connectivity index (χ3v) is 2.75. The zero-order valence-electron chi connectivity index (χ0n) is 10.4. The van der Waals surface area contributed by atoms with E-state index in [1.807, 2.05) is 0 Å². The molecule has 0 heterocycles. The second kappa shape index (κ2) is 6.48. The van der Waals surface area contributed by atoms with Crippen molar-refractivity contribution in [1.82, 2.24) is 5.32 Å². The van der Waals surface area contributed by atoms with Crippen LogP contribution in [-0.4, -0.2) is 36.2 Å². The molecule has 0 radical (unpaired) electrons. The standard InChI is InChI=1S/C11H21NO4/c1-8(2)11(3,10(14)15)12-9(13)6-5-7-16-4/h8H,5-7H2,1-4H3,(H,12,13)(H,14,15). The molecule has 94 valence electrons. The molecule has 2 N–H and O–H groups in total. The van der Waals surface area contributed by atoms with Crippen molar-refractivity contribution in [3.63, 3.8) is 0 Å². The summed E-state index contributed by atoms with van der Waals surface area (Å²) in [7, 11) is 1.56. The summed E-state index contributed by atoms with van der Waals surface area (Å²) in [6, 6.07) is 0. The highest BCUT2D eigenvalue weighted by molar-refractivity contribution is 5.86. The Labute approximate surface area is 96.2 Å². The molecular weight excluding hydrogens is 210 g/mol. The number of nitrogens with one attached hydrogen (secondary N) is 1. The summed E-state index contributed by atoms with van der Waals surface area (Å²) in [6.45, 7) is 5.56. The van der Waals surface area contributed by atoms with Crippen LogP contribution in [0.25, 0.3) is 0 Å². The maximum Gasteiger partial charge on any atom is 0.329 e. The molecule has 0 aliphatic carbocycles. The topological polar surface area (TPSA) is 75.6 Å². The van der Waals surface area contributed by atoms with E-state index in [1.165, 1.54) is 6.92 Å². The van der Waals surface area contributed by atoms with Gasteiger partial charge in [-0.15, -0.1) is 0 Å². The largest absolute Gasteiger partial charge is 0.480 e. The number of carbonyl (C=O) groups is 2. The van der Waals surface area contributed by atoms with Gasteiger partial charge in [0.2, 0.25) is 5.91 Å². The van der Waals surface area contributed by atoms with Gasteiger partial charge in [-0.05, 0) is 19.3 Å². The normalized spacial score (nSPS) is 14.6. The van der Waals surface area contributed by atoms with Crippen molar-refractivity contribution in [2.45, 2.75) is 39.2 Å². The van der Waals surface area contributed by atoms with E-state index in [2.05, 4.69) is 5.32 Å². The third-order valence-electron chi connectivity index (χ3n) is 2.75. The molecule has 1 unspecified atom stereocenters. The van der Waals surface area contributed by atoms with E-state index in [0.29, 0.717) is 13.0 Å². The summed E-state index contributed by atoms with van der Waals surface area (Å²) in [6.07, 6.45) is 0.875. The summed E-state index contributed by atoms with van der Waals surface area (Å²) >= 11 is 0. The number of carboxylic acids is 1. The van der Waals surface area contributed by atoms with Crippen LogP contribution in [0.1, 0.15) is 33.6 Å². The van der Waals surface area contributed by atoms with Crippen LogP contribution in [0, 0.1) is 5.92 Å². The number of carboxylic acid groups (broad SMARTS) is 1. The van der Waals surface area contributed by atoms with Crippen molar-refractivity contribution < 1.29 is 19.4 Å². The summed E-state index contributed by atoms with van der Waals surface area (Å²) in [5.41, 5.74) is -1.20. The molecule has 1 amide bonds. The Morgan fingerprint density at radius 2 is 2.00 bits per heavy atom. The first-order valence-electron chi connectivity index (χ1n) is 5.38. The predicted octanol–water partition coefficient (Wildman–Crippen LogP) is 1.03. The molecule has 0 aromatic heterocycles. The Morgan fingerprint density at radius 3 is 2.38 bits per heavy atom. The molecule has 5 heteroatoms. The summed E-state index contributed by atoms with van der Waals surface area (Å²) in [5.74, 6) is -1.44. The lowest BCUT2D eigenvalue weighted by molar-refractivity contribution is -0.149. The van der Waals surface area contributed by atoms with E-state index >= 15 is 0 Å². The van der Waals surface area contributed by atoms with Gasteiger partial charge in [-0.1, -0.05) is 13.8 Å². The Bertz CT molecular complexity index is 252. The molecular formula is C11H21NO4. The molecule has 0 aliphatic heterocycles. The van der Waals surface area contributed by atoms with Gasteiger partial charge in [-0.25, -0.2) is 4.79 Å². The number of hydrogen-bond donors (Lipinski definition) is 2. The minimum atomic E-state index is -1.20. The van der Waals surface area contributed by atoms with E-state index < -0.39 is 11.5 Å². The molecule has 0 rings (SSSR count). The Hall–Kier alpha value is -1.10. The van der Waals surface area contributed by atoms with Gasteiger partial charge in [0, 0.05) is 20.1 Å². The highest BCUT2D eigenvalue weighted by Crippen LogP contribution is 2.17. The molecule has 0 aromatic rings. The monoisotopic (exact) mass is 231 g/mol. The highest BCUT2D eigenvalue weighted by Gasteiger charge is 2.37. The van der Waals surface area contributed by atoms with Crippen molar-refractivity contribution in [1.29, 1.82) is 0 Å². The van der Waals surface area contributed by atoms with E-state index in [-0.39, 0.29) is 18.2 Å². The van der Waals surface area contributed by atoms with Gasteiger partial charge in [-0.3, -0.25) is 4.79 Å². The first-order chi connectivity index (χ1) is 7.34. The molecule has 0 aliphatic rings. The van der Waals surface area contributed by atoms with Crippen molar-refractivity contribution in [2.75, 3.05) is 13.7 Å². The van der Waals surface area contributed by atoms with Gasteiger partial charge in [-0.2, -0.15) is 0 Å². The fraction of sp³-hybridized carbons (Fsp3) is 0.818. The van der Waals surface area contributed by atoms with Gasteiger partial charge >= 0.3 is 5.97 Å². The highest BCUT2D eigenvalue weighted by atomic mass is 16.5. The van der Waals surface area contributed by atoms with Crippen LogP contribution in [0.3, 0.4) is 0 Å². The number of ether oxygens (including phenoxy) is 1. The molecule has 1 atom stereocenters. The molecule has 0 saturated heterocycles. The lowest BCUT2D eigenvalue weighted by atomic mass is 9.88. The van der Waals surface area contributed by atoms with Gasteiger partial charge in [0.25, 0.3) is 0 Å². The maximum atomic E-state index is 11.5. The van der Waals surface area contributed by atoms with E-state index in [1.54, 1.807) is 21.0 Å². The van der Waals surface area contributed by atoms with Crippen molar-refractivity contribution >= 4 is 11.9 Å². The molecule has 0 aromatic carbocycles. The van der Waals surface area contributed by atoms with Crippen LogP contribution in [0.15, 0.2) is 0 Å². The predicted molar refractivity (Wildman–Crippen MR) is 60.1 cm³/mol. The van der Waals surface area contributed by atoms with Crippen LogP contribution < -0.4 is 5.32 Å². The second-order valence-corrected chi connectivity index (χ2v) is 4.31. The number of rotatable bonds is 7. The minimum absolute atomic E-state index is 0.170. The zero-order chi connectivity index (χ0) is 12.8. The number of carbonyl (C=O) groups excluding carboxylic acids is 1. The quantitative estimate of drug-likeness (QED) is 0.642. The minimum Gasteiger partial charge on any atom is -0.480 e. The van der Waals surface area contributed by atoms with E-state index in [9.17, 15) is 9.59 Å². The van der Waals surface area contributed by atoms with Crippen molar-refractivity contribution in [3.8, 4) is 0 Å². The first-order valence-corrected chi connectivity index (χ1v) is 5.38. The molecule has 0 spiro atoms. The lowest BCUT2D eigenvalue weighted by Crippen LogP contribution is -2.55. The van der Waals surface area contributed by atoms with Gasteiger partial charge < -0.3 is 15.2 Å². The number of aliphatic carboxylic acids is 1. The van der Waals surface area contributed by atoms with Crippen molar-refractivity contribution in [2.24, 2.45) is 5.92 Å². The Morgan fingerprint density at radius 1 is 1.44 bits per heavy atom. The average Bonchev–Trinajstić information content (AvgIpc) is 2.17. The fourth-order valence-corrected chi connectivity index (χ4v) is 1.17. The Balaban J connectivity index is 4.31. The van der Waals surface area contributed by atoms with Crippen LogP contribution in [0.5, 0.6) is 0 Å². The summed E-state index contributed by atoms with van der Waals surface area (Å²) in [4.78, 5) is 22.6. The fourth-order valence-electron chi connectivity index (χ4n) is 1.17. The summed E-state index contributed by atoms with van der Waals surface area (Å²) < 4.78 is 4.82. The van der Waals surface area contributed by atoms with Crippen LogP contribution in [0.2, 0.25) is 0 Å². The first kappa shape index (κ1) is 14.9. The molecule has 0 bridgehead atoms. The van der Waals surface area contributed by atoms with Gasteiger partial charge in [0.05, 0.1) is 0 Å². The molecule has 16 heavy (non-hydrogen) atoms. The average molecular weight is 231 g/mol. The van der Waals surface area contributed by atoms with Crippen LogP contribution >= 0.6 is 0 Å². The zero-order valence-corrected chi connectivity index (χ0v) is 10.4. The number of amides is 1. The second-order valence-electron chi connectivity index (χ2n) is 4.31. The van der Waals surface area contributed by atoms with Gasteiger partial charge in [0.15, 0.2) is 0 Å². The molecule has 0 saturated carbocycles. The number of methoxy groups -OCH3 is 1. The number of hydrogen-bond acceptors (Lipinski definition) is 3. The van der Waals surface area contributed by atoms with E-state index in [0.717, 1.165) is 0 Å². The van der Waals surface area contributed by atoms with Crippen LogP contribution in [-0.2, 0) is 14.3 Å². The molecule has 5 nitrogen and oxygen atoms in total. The maximum absolute atomic E-state index is 11.5. The SMILES string of the molecule is COCCCC(=O)NC(C)(C(=O)O)C(C)C. The van der Waals surface area contributed by atoms with Gasteiger partial charge in [0.1, 0.15) is 5.54 Å². The van der Waals surface area contributed by atoms with Crippen LogP contribution in [0.4, 0.5) is 0 Å². The summed E-state index contributed by atoms with van der Waals surface area (Å²) in [5, 5.41) is 11.6. The molecule has 0 fully saturated rings. The van der Waals surface area contributed by atoms with Crippen molar-refractivity contribution in [3.05, 3.63) is 0 Å². The lowest BCUT2D eigenvalue weighted by Gasteiger charge is -2.30. The smallest absolute Gasteiger partial charge is 0.329 e. The Kier molecular flexibility index (Phi) is 6.03. The third kappa shape index (κ3) is 4.18. The van der Waals surface area contributed by atoms with E-state index in [4.69, 9.17) is 9.84 Å².